The Morgan fingerprint density at radius 2 is 2.09 bits per heavy atom. The number of ether oxygens (including phenoxy) is 3. The fourth-order valence-corrected chi connectivity index (χ4v) is 4.77. The summed E-state index contributed by atoms with van der Waals surface area (Å²) in [6.07, 6.45) is 0.983. The number of carbonyl (C=O) groups is 2. The number of morpholine rings is 1. The molecule has 1 unspecified atom stereocenters. The molecule has 0 radical (unpaired) electrons. The van der Waals surface area contributed by atoms with Crippen molar-refractivity contribution in [1.29, 1.82) is 0 Å². The summed E-state index contributed by atoms with van der Waals surface area (Å²) < 4.78 is 16.2. The van der Waals surface area contributed by atoms with E-state index in [-0.39, 0.29) is 23.7 Å². The number of anilines is 2. The van der Waals surface area contributed by atoms with E-state index in [1.54, 1.807) is 24.6 Å². The summed E-state index contributed by atoms with van der Waals surface area (Å²) in [6, 6.07) is 5.31. The van der Waals surface area contributed by atoms with Crippen molar-refractivity contribution in [2.45, 2.75) is 18.6 Å². The topological polar surface area (TPSA) is 93.2 Å². The lowest BCUT2D eigenvalue weighted by atomic mass is 10.0. The average Bonchev–Trinajstić information content (AvgIpc) is 3.48. The number of rotatable bonds is 6. The number of nitrogens with zero attached hydrogens (tertiary/aromatic N) is 3. The van der Waals surface area contributed by atoms with Crippen molar-refractivity contribution in [3.8, 4) is 0 Å². The van der Waals surface area contributed by atoms with Crippen LogP contribution in [0.3, 0.4) is 0 Å². The molecule has 172 valence electrons. The molecule has 1 aromatic heterocycles. The van der Waals surface area contributed by atoms with Gasteiger partial charge in [0.25, 0.3) is 5.91 Å². The number of carbonyl (C=O) groups excluding carboxylic acids is 2. The number of benzene rings is 1. The average molecular weight is 461 g/mol. The second-order valence-electron chi connectivity index (χ2n) is 7.98. The Kier molecular flexibility index (Phi) is 7.04. The SMILES string of the molecule is COC(=O)c1cc(C2CN(C)CCO2)ccc1NC(=O)c1csc(N2CC[C@H](OC)C2)n1. The minimum Gasteiger partial charge on any atom is -0.465 e. The highest BCUT2D eigenvalue weighted by Crippen LogP contribution is 2.29. The number of likely N-dealkylation sites (N-methyl/N-ethyl adjacent to an activating group) is 1. The Hall–Kier alpha value is -2.53. The fourth-order valence-electron chi connectivity index (χ4n) is 3.92. The quantitative estimate of drug-likeness (QED) is 0.657. The molecule has 3 heterocycles. The molecule has 10 heteroatoms. The molecule has 2 saturated heterocycles. The van der Waals surface area contributed by atoms with Gasteiger partial charge < -0.3 is 29.3 Å². The van der Waals surface area contributed by atoms with Crippen molar-refractivity contribution in [1.82, 2.24) is 9.88 Å². The van der Waals surface area contributed by atoms with E-state index in [1.807, 2.05) is 13.1 Å². The van der Waals surface area contributed by atoms with E-state index in [4.69, 9.17) is 14.2 Å². The van der Waals surface area contributed by atoms with Crippen LogP contribution in [0.25, 0.3) is 0 Å². The van der Waals surface area contributed by atoms with Gasteiger partial charge in [-0.05, 0) is 31.2 Å². The molecule has 2 atom stereocenters. The molecule has 0 saturated carbocycles. The van der Waals surface area contributed by atoms with Gasteiger partial charge >= 0.3 is 5.97 Å². The van der Waals surface area contributed by atoms with Crippen molar-refractivity contribution < 1.29 is 23.8 Å². The zero-order chi connectivity index (χ0) is 22.7. The Balaban J connectivity index is 1.50. The molecule has 1 aromatic carbocycles. The molecular weight excluding hydrogens is 432 g/mol. The van der Waals surface area contributed by atoms with Crippen molar-refractivity contribution in [2.75, 3.05) is 64.3 Å². The van der Waals surface area contributed by atoms with Gasteiger partial charge in [-0.15, -0.1) is 11.3 Å². The van der Waals surface area contributed by atoms with Crippen LogP contribution >= 0.6 is 11.3 Å². The van der Waals surface area contributed by atoms with E-state index >= 15 is 0 Å². The molecule has 0 spiro atoms. The number of nitrogens with one attached hydrogen (secondary N) is 1. The molecule has 0 aliphatic carbocycles. The summed E-state index contributed by atoms with van der Waals surface area (Å²) in [5.41, 5.74) is 1.84. The lowest BCUT2D eigenvalue weighted by Gasteiger charge is -2.30. The van der Waals surface area contributed by atoms with Gasteiger partial charge in [-0.2, -0.15) is 0 Å². The molecule has 1 amide bonds. The monoisotopic (exact) mass is 460 g/mol. The standard InChI is InChI=1S/C22H28N4O5S/c1-25-8-9-31-19(12-25)14-4-5-17(16(10-14)21(28)30-3)23-20(27)18-13-32-22(24-18)26-7-6-15(11-26)29-2/h4-5,10,13,15,19H,6-9,11-12H2,1-3H3,(H,23,27)/t15-,19?/m0/s1. The molecule has 2 fully saturated rings. The Morgan fingerprint density at radius 1 is 1.25 bits per heavy atom. The molecule has 2 aliphatic heterocycles. The van der Waals surface area contributed by atoms with E-state index in [0.717, 1.165) is 43.3 Å². The summed E-state index contributed by atoms with van der Waals surface area (Å²) in [5, 5.41) is 5.33. The van der Waals surface area contributed by atoms with Crippen LogP contribution < -0.4 is 10.2 Å². The minimum absolute atomic E-state index is 0.139. The molecule has 0 bridgehead atoms. The van der Waals surface area contributed by atoms with Gasteiger partial charge in [0.1, 0.15) is 5.69 Å². The molecule has 2 aliphatic rings. The van der Waals surface area contributed by atoms with Crippen molar-refractivity contribution in [2.24, 2.45) is 0 Å². The number of esters is 1. The zero-order valence-corrected chi connectivity index (χ0v) is 19.3. The second kappa shape index (κ2) is 9.95. The third kappa shape index (κ3) is 4.93. The van der Waals surface area contributed by atoms with Gasteiger partial charge in [-0.1, -0.05) is 6.07 Å². The number of hydrogen-bond donors (Lipinski definition) is 1. The largest absolute Gasteiger partial charge is 0.465 e. The van der Waals surface area contributed by atoms with Crippen LogP contribution in [0.5, 0.6) is 0 Å². The highest BCUT2D eigenvalue weighted by Gasteiger charge is 2.26. The summed E-state index contributed by atoms with van der Waals surface area (Å²) in [6.45, 7) is 3.83. The number of methoxy groups -OCH3 is 2. The predicted octanol–water partition coefficient (Wildman–Crippen LogP) is 2.41. The van der Waals surface area contributed by atoms with E-state index in [0.29, 0.717) is 18.0 Å². The van der Waals surface area contributed by atoms with E-state index < -0.39 is 5.97 Å². The van der Waals surface area contributed by atoms with Gasteiger partial charge in [-0.3, -0.25) is 4.79 Å². The predicted molar refractivity (Wildman–Crippen MR) is 122 cm³/mol. The maximum atomic E-state index is 12.9. The molecule has 4 rings (SSSR count). The van der Waals surface area contributed by atoms with Crippen LogP contribution in [0.2, 0.25) is 0 Å². The fraction of sp³-hybridized carbons (Fsp3) is 0.500. The van der Waals surface area contributed by atoms with E-state index in [2.05, 4.69) is 20.1 Å². The summed E-state index contributed by atoms with van der Waals surface area (Å²) in [7, 11) is 5.06. The lowest BCUT2D eigenvalue weighted by molar-refractivity contribution is -0.0209. The highest BCUT2D eigenvalue weighted by molar-refractivity contribution is 7.14. The molecule has 9 nitrogen and oxygen atoms in total. The molecular formula is C22H28N4O5S. The third-order valence-corrected chi connectivity index (χ3v) is 6.71. The maximum absolute atomic E-state index is 12.9. The number of thiazole rings is 1. The molecule has 1 N–H and O–H groups in total. The molecule has 32 heavy (non-hydrogen) atoms. The Bertz CT molecular complexity index is 981. The van der Waals surface area contributed by atoms with Crippen molar-refractivity contribution in [3.05, 3.63) is 40.4 Å². The van der Waals surface area contributed by atoms with Crippen LogP contribution in [0.1, 0.15) is 38.9 Å². The summed E-state index contributed by atoms with van der Waals surface area (Å²) >= 11 is 1.42. The summed E-state index contributed by atoms with van der Waals surface area (Å²) in [5.74, 6) is -0.894. The first-order valence-corrected chi connectivity index (χ1v) is 11.4. The first-order chi connectivity index (χ1) is 15.5. The lowest BCUT2D eigenvalue weighted by Crippen LogP contribution is -2.35. The van der Waals surface area contributed by atoms with Crippen molar-refractivity contribution in [3.63, 3.8) is 0 Å². The minimum atomic E-state index is -0.520. The number of aromatic nitrogens is 1. The van der Waals surface area contributed by atoms with Crippen LogP contribution in [0, 0.1) is 0 Å². The Morgan fingerprint density at radius 3 is 2.81 bits per heavy atom. The Labute approximate surface area is 191 Å². The van der Waals surface area contributed by atoms with E-state index in [1.165, 1.54) is 18.4 Å². The smallest absolute Gasteiger partial charge is 0.339 e. The molecule has 2 aromatic rings. The number of hydrogen-bond acceptors (Lipinski definition) is 9. The van der Waals surface area contributed by atoms with Crippen LogP contribution in [0.15, 0.2) is 23.6 Å². The van der Waals surface area contributed by atoms with E-state index in [9.17, 15) is 9.59 Å². The first-order valence-electron chi connectivity index (χ1n) is 10.6. The van der Waals surface area contributed by atoms with Gasteiger partial charge in [0.15, 0.2) is 5.13 Å². The third-order valence-electron chi connectivity index (χ3n) is 5.81. The van der Waals surface area contributed by atoms with Crippen LogP contribution in [-0.2, 0) is 14.2 Å². The summed E-state index contributed by atoms with van der Waals surface area (Å²) in [4.78, 5) is 34.1. The zero-order valence-electron chi connectivity index (χ0n) is 18.5. The van der Waals surface area contributed by atoms with Gasteiger partial charge in [-0.25, -0.2) is 9.78 Å². The van der Waals surface area contributed by atoms with Crippen molar-refractivity contribution >= 4 is 34.0 Å². The van der Waals surface area contributed by atoms with Gasteiger partial charge in [0.05, 0.1) is 37.2 Å². The van der Waals surface area contributed by atoms with Gasteiger partial charge in [0.2, 0.25) is 0 Å². The second-order valence-corrected chi connectivity index (χ2v) is 8.82. The van der Waals surface area contributed by atoms with Crippen LogP contribution in [0.4, 0.5) is 10.8 Å². The number of amides is 1. The van der Waals surface area contributed by atoms with Gasteiger partial charge in [0, 0.05) is 38.7 Å². The highest BCUT2D eigenvalue weighted by atomic mass is 32.1. The normalized spacial score (nSPS) is 21.5. The maximum Gasteiger partial charge on any atom is 0.339 e. The first kappa shape index (κ1) is 22.7. The van der Waals surface area contributed by atoms with Crippen LogP contribution in [-0.4, -0.2) is 81.9 Å².